The number of carbonyl (C=O) groups is 1. The van der Waals surface area contributed by atoms with E-state index in [9.17, 15) is 4.79 Å². The summed E-state index contributed by atoms with van der Waals surface area (Å²) >= 11 is 1.26. The molecule has 2 aromatic rings. The minimum absolute atomic E-state index is 0.354. The lowest BCUT2D eigenvalue weighted by atomic mass is 10.2. The van der Waals surface area contributed by atoms with E-state index in [0.29, 0.717) is 27.1 Å². The number of nitrogens with two attached hydrogens (primary N) is 1. The third-order valence-electron chi connectivity index (χ3n) is 2.77. The van der Waals surface area contributed by atoms with Crippen molar-refractivity contribution in [3.8, 4) is 22.1 Å². The van der Waals surface area contributed by atoms with E-state index in [2.05, 4.69) is 10.4 Å². The highest BCUT2D eigenvalue weighted by Crippen LogP contribution is 2.36. The second-order valence-electron chi connectivity index (χ2n) is 3.97. The van der Waals surface area contributed by atoms with E-state index in [-0.39, 0.29) is 5.91 Å². The van der Waals surface area contributed by atoms with Crippen LogP contribution in [0.5, 0.6) is 11.5 Å². The highest BCUT2D eigenvalue weighted by Gasteiger charge is 2.18. The number of rotatable bonds is 4. The molecule has 1 aromatic carbocycles. The number of hydrogen-bond donors (Lipinski definition) is 2. The Morgan fingerprint density at radius 2 is 2.10 bits per heavy atom. The molecule has 1 amide bonds. The van der Waals surface area contributed by atoms with Gasteiger partial charge in [0.15, 0.2) is 0 Å². The minimum atomic E-state index is -0.354. The zero-order chi connectivity index (χ0) is 14.7. The molecule has 2 rings (SSSR count). The van der Waals surface area contributed by atoms with Crippen LogP contribution in [0.25, 0.3) is 10.6 Å². The Morgan fingerprint density at radius 1 is 1.35 bits per heavy atom. The first-order chi connectivity index (χ1) is 9.60. The maximum absolute atomic E-state index is 11.6. The second kappa shape index (κ2) is 5.89. The van der Waals surface area contributed by atoms with E-state index in [1.807, 2.05) is 6.07 Å². The van der Waals surface area contributed by atoms with E-state index >= 15 is 0 Å². The molecular formula is C13H15N3O3S. The summed E-state index contributed by atoms with van der Waals surface area (Å²) in [5.41, 5.74) is 3.51. The summed E-state index contributed by atoms with van der Waals surface area (Å²) in [7, 11) is 3.17. The summed E-state index contributed by atoms with van der Waals surface area (Å²) in [5.74, 6) is 6.16. The van der Waals surface area contributed by atoms with Crippen molar-refractivity contribution in [2.45, 2.75) is 6.92 Å². The molecule has 0 spiro atoms. The lowest BCUT2D eigenvalue weighted by molar-refractivity contribution is 0.0957. The molecule has 0 unspecified atom stereocenters. The van der Waals surface area contributed by atoms with Crippen molar-refractivity contribution in [2.75, 3.05) is 14.2 Å². The van der Waals surface area contributed by atoms with Crippen LogP contribution in [-0.4, -0.2) is 25.1 Å². The van der Waals surface area contributed by atoms with Gasteiger partial charge >= 0.3 is 0 Å². The number of hydrogen-bond acceptors (Lipinski definition) is 6. The van der Waals surface area contributed by atoms with Gasteiger partial charge in [0.1, 0.15) is 21.4 Å². The molecule has 3 N–H and O–H groups in total. The number of nitrogen functional groups attached to an aromatic ring is 1. The highest BCUT2D eigenvalue weighted by atomic mass is 32.1. The highest BCUT2D eigenvalue weighted by molar-refractivity contribution is 7.17. The Hall–Kier alpha value is -2.12. The van der Waals surface area contributed by atoms with Crippen LogP contribution in [0.2, 0.25) is 0 Å². The predicted molar refractivity (Wildman–Crippen MR) is 77.0 cm³/mol. The number of ether oxygens (including phenoxy) is 2. The van der Waals surface area contributed by atoms with E-state index in [4.69, 9.17) is 15.3 Å². The van der Waals surface area contributed by atoms with Crippen LogP contribution < -0.4 is 20.7 Å². The fourth-order valence-corrected chi connectivity index (χ4v) is 2.76. The third kappa shape index (κ3) is 2.59. The van der Waals surface area contributed by atoms with E-state index in [0.717, 1.165) is 5.56 Å². The van der Waals surface area contributed by atoms with E-state index in [1.54, 1.807) is 33.3 Å². The number of amides is 1. The van der Waals surface area contributed by atoms with E-state index in [1.165, 1.54) is 11.3 Å². The molecule has 0 aliphatic heterocycles. The lowest BCUT2D eigenvalue weighted by Crippen LogP contribution is -2.29. The molecule has 7 heteroatoms. The standard InChI is InChI=1S/C13H15N3O3S/c1-7-11(12(17)16-14)20-13(15-7)9-6-8(18-2)4-5-10(9)19-3/h4-6H,14H2,1-3H3,(H,16,17). The van der Waals surface area contributed by atoms with Crippen molar-refractivity contribution in [1.82, 2.24) is 10.4 Å². The lowest BCUT2D eigenvalue weighted by Gasteiger charge is -2.08. The molecule has 0 bridgehead atoms. The van der Waals surface area contributed by atoms with Gasteiger partial charge in [0.25, 0.3) is 5.91 Å². The van der Waals surface area contributed by atoms with Crippen molar-refractivity contribution in [1.29, 1.82) is 0 Å². The summed E-state index contributed by atoms with van der Waals surface area (Å²) in [6.45, 7) is 1.76. The molecule has 20 heavy (non-hydrogen) atoms. The maximum Gasteiger partial charge on any atom is 0.277 e. The van der Waals surface area contributed by atoms with Gasteiger partial charge in [0.2, 0.25) is 0 Å². The number of methoxy groups -OCH3 is 2. The average Bonchev–Trinajstić information content (AvgIpc) is 2.87. The maximum atomic E-state index is 11.6. The Labute approximate surface area is 120 Å². The third-order valence-corrected chi connectivity index (χ3v) is 3.96. The van der Waals surface area contributed by atoms with Gasteiger partial charge in [0, 0.05) is 0 Å². The summed E-state index contributed by atoms with van der Waals surface area (Å²) in [6.07, 6.45) is 0. The quantitative estimate of drug-likeness (QED) is 0.509. The molecule has 0 saturated carbocycles. The fraction of sp³-hybridized carbons (Fsp3) is 0.231. The average molecular weight is 293 g/mol. The molecule has 0 atom stereocenters. The molecule has 1 heterocycles. The minimum Gasteiger partial charge on any atom is -0.497 e. The Bertz CT molecular complexity index is 640. The van der Waals surface area contributed by atoms with Crippen LogP contribution in [0, 0.1) is 6.92 Å². The van der Waals surface area contributed by atoms with Crippen molar-refractivity contribution < 1.29 is 14.3 Å². The molecule has 6 nitrogen and oxygen atoms in total. The van der Waals surface area contributed by atoms with E-state index < -0.39 is 0 Å². The zero-order valence-electron chi connectivity index (χ0n) is 11.4. The topological polar surface area (TPSA) is 86.5 Å². The fourth-order valence-electron chi connectivity index (χ4n) is 1.77. The number of benzene rings is 1. The van der Waals surface area contributed by atoms with Gasteiger partial charge in [-0.1, -0.05) is 0 Å². The molecule has 106 valence electrons. The number of aryl methyl sites for hydroxylation is 1. The molecule has 0 saturated heterocycles. The van der Waals surface area contributed by atoms with Crippen LogP contribution in [0.1, 0.15) is 15.4 Å². The zero-order valence-corrected chi connectivity index (χ0v) is 12.2. The molecule has 0 aliphatic carbocycles. The normalized spacial score (nSPS) is 10.2. The van der Waals surface area contributed by atoms with Crippen LogP contribution in [-0.2, 0) is 0 Å². The predicted octanol–water partition coefficient (Wildman–Crippen LogP) is 1.74. The summed E-state index contributed by atoms with van der Waals surface area (Å²) in [5, 5.41) is 0.678. The SMILES string of the molecule is COc1ccc(OC)c(-c2nc(C)c(C(=O)NN)s2)c1. The van der Waals surface area contributed by atoms with Crippen molar-refractivity contribution in [3.05, 3.63) is 28.8 Å². The summed E-state index contributed by atoms with van der Waals surface area (Å²) in [6, 6.07) is 5.42. The number of nitrogens with one attached hydrogen (secondary N) is 1. The van der Waals surface area contributed by atoms with Gasteiger partial charge in [-0.25, -0.2) is 10.8 Å². The van der Waals surface area contributed by atoms with Gasteiger partial charge in [-0.05, 0) is 25.1 Å². The first kappa shape index (κ1) is 14.3. The summed E-state index contributed by atoms with van der Waals surface area (Å²) < 4.78 is 10.5. The van der Waals surface area contributed by atoms with Crippen LogP contribution in [0.15, 0.2) is 18.2 Å². The number of nitrogens with zero attached hydrogens (tertiary/aromatic N) is 1. The van der Waals surface area contributed by atoms with Crippen molar-refractivity contribution in [2.24, 2.45) is 5.84 Å². The van der Waals surface area contributed by atoms with Gasteiger partial charge < -0.3 is 9.47 Å². The van der Waals surface area contributed by atoms with Gasteiger partial charge in [-0.15, -0.1) is 11.3 Å². The molecule has 0 aliphatic rings. The Balaban J connectivity index is 2.53. The number of hydrazine groups is 1. The largest absolute Gasteiger partial charge is 0.497 e. The molecule has 1 aromatic heterocycles. The van der Waals surface area contributed by atoms with Gasteiger partial charge in [0.05, 0.1) is 25.5 Å². The Morgan fingerprint density at radius 3 is 2.70 bits per heavy atom. The van der Waals surface area contributed by atoms with Crippen LogP contribution >= 0.6 is 11.3 Å². The first-order valence-electron chi connectivity index (χ1n) is 5.81. The summed E-state index contributed by atoms with van der Waals surface area (Å²) in [4.78, 5) is 16.5. The monoisotopic (exact) mass is 293 g/mol. The number of carbonyl (C=O) groups excluding carboxylic acids is 1. The van der Waals surface area contributed by atoms with Gasteiger partial charge in [-0.3, -0.25) is 10.2 Å². The number of aromatic nitrogens is 1. The Kier molecular flexibility index (Phi) is 4.21. The van der Waals surface area contributed by atoms with Crippen LogP contribution in [0.3, 0.4) is 0 Å². The van der Waals surface area contributed by atoms with Gasteiger partial charge in [-0.2, -0.15) is 0 Å². The first-order valence-corrected chi connectivity index (χ1v) is 6.63. The number of thiazole rings is 1. The second-order valence-corrected chi connectivity index (χ2v) is 4.97. The van der Waals surface area contributed by atoms with Crippen LogP contribution in [0.4, 0.5) is 0 Å². The smallest absolute Gasteiger partial charge is 0.277 e. The van der Waals surface area contributed by atoms with Crippen molar-refractivity contribution >= 4 is 17.2 Å². The molecular weight excluding hydrogens is 278 g/mol. The molecule has 0 fully saturated rings. The molecule has 0 radical (unpaired) electrons. The van der Waals surface area contributed by atoms with Crippen molar-refractivity contribution in [3.63, 3.8) is 0 Å².